The number of unbranched alkanes of at least 4 members (excludes halogenated alkanes) is 57. The van der Waals surface area contributed by atoms with Gasteiger partial charge in [-0.15, -0.1) is 0 Å². The van der Waals surface area contributed by atoms with Crippen LogP contribution >= 0.6 is 7.82 Å². The molecule has 0 aromatic rings. The molecule has 0 rings (SSSR count). The Kier molecular flexibility index (Phi) is 81.9. The lowest BCUT2D eigenvalue weighted by Gasteiger charge is -2.28. The van der Waals surface area contributed by atoms with E-state index >= 15 is 0 Å². The maximum absolute atomic E-state index is 12.9. The molecular formula is C94H174NO8P. The molecule has 0 aliphatic carbocycles. The number of allylic oxidation sites excluding steroid dienone is 14. The molecule has 0 bridgehead atoms. The van der Waals surface area contributed by atoms with Crippen molar-refractivity contribution in [3.8, 4) is 0 Å². The lowest BCUT2D eigenvalue weighted by molar-refractivity contribution is -0.870. The summed E-state index contributed by atoms with van der Waals surface area (Å²) in [5.41, 5.74) is 0. The number of rotatable bonds is 85. The highest BCUT2D eigenvalue weighted by Gasteiger charge is 2.22. The lowest BCUT2D eigenvalue weighted by Crippen LogP contribution is -2.37. The number of phosphoric ester groups is 1. The van der Waals surface area contributed by atoms with Gasteiger partial charge in [-0.25, -0.2) is 0 Å². The second-order valence-corrected chi connectivity index (χ2v) is 33.3. The quantitative estimate of drug-likeness (QED) is 0.0195. The molecule has 0 aliphatic heterocycles. The van der Waals surface area contributed by atoms with Crippen molar-refractivity contribution in [3.63, 3.8) is 0 Å². The Bertz CT molecular complexity index is 2040. The predicted octanol–water partition coefficient (Wildman–Crippen LogP) is 30.1. The van der Waals surface area contributed by atoms with E-state index in [9.17, 15) is 19.0 Å². The van der Waals surface area contributed by atoms with E-state index in [1.165, 1.54) is 347 Å². The molecule has 10 heteroatoms. The summed E-state index contributed by atoms with van der Waals surface area (Å²) in [4.78, 5) is 38.3. The molecule has 2 atom stereocenters. The van der Waals surface area contributed by atoms with Gasteiger partial charge in [0.15, 0.2) is 6.10 Å². The predicted molar refractivity (Wildman–Crippen MR) is 453 cm³/mol. The number of ether oxygens (including phenoxy) is 2. The molecular weight excluding hydrogens is 1300 g/mol. The van der Waals surface area contributed by atoms with Gasteiger partial charge >= 0.3 is 11.9 Å². The van der Waals surface area contributed by atoms with Crippen LogP contribution in [0.5, 0.6) is 0 Å². The minimum Gasteiger partial charge on any atom is -0.756 e. The molecule has 0 aromatic heterocycles. The van der Waals surface area contributed by atoms with Gasteiger partial charge in [0.1, 0.15) is 19.8 Å². The summed E-state index contributed by atoms with van der Waals surface area (Å²) in [5.74, 6) is -0.807. The van der Waals surface area contributed by atoms with Gasteiger partial charge in [0.05, 0.1) is 27.7 Å². The number of phosphoric acid groups is 1. The van der Waals surface area contributed by atoms with Crippen molar-refractivity contribution in [2.75, 3.05) is 47.5 Å². The number of hydrogen-bond acceptors (Lipinski definition) is 8. The van der Waals surface area contributed by atoms with Crippen LogP contribution < -0.4 is 4.89 Å². The first-order valence-corrected chi connectivity index (χ1v) is 46.8. The molecule has 608 valence electrons. The highest BCUT2D eigenvalue weighted by molar-refractivity contribution is 7.45. The van der Waals surface area contributed by atoms with E-state index in [1.54, 1.807) is 0 Å². The van der Waals surface area contributed by atoms with Crippen molar-refractivity contribution in [3.05, 3.63) is 85.1 Å². The molecule has 0 aromatic carbocycles. The lowest BCUT2D eigenvalue weighted by atomic mass is 10.0. The van der Waals surface area contributed by atoms with Crippen LogP contribution in [0, 0.1) is 0 Å². The zero-order valence-corrected chi connectivity index (χ0v) is 70.6. The summed E-state index contributed by atoms with van der Waals surface area (Å²) in [7, 11) is 1.19. The maximum Gasteiger partial charge on any atom is 0.306 e. The van der Waals surface area contributed by atoms with E-state index < -0.39 is 26.5 Å². The van der Waals surface area contributed by atoms with E-state index in [2.05, 4.69) is 98.9 Å². The van der Waals surface area contributed by atoms with Crippen LogP contribution in [0.2, 0.25) is 0 Å². The Morgan fingerprint density at radius 2 is 0.548 bits per heavy atom. The van der Waals surface area contributed by atoms with Crippen LogP contribution in [-0.4, -0.2) is 70.0 Å². The number of hydrogen-bond donors (Lipinski definition) is 0. The fourth-order valence-electron chi connectivity index (χ4n) is 13.5. The Balaban J connectivity index is 3.84. The smallest absolute Gasteiger partial charge is 0.306 e. The Labute approximate surface area is 647 Å². The molecule has 104 heavy (non-hydrogen) atoms. The summed E-state index contributed by atoms with van der Waals surface area (Å²) >= 11 is 0. The van der Waals surface area contributed by atoms with E-state index in [4.69, 9.17) is 18.5 Å². The van der Waals surface area contributed by atoms with Gasteiger partial charge in [0.25, 0.3) is 7.82 Å². The third-order valence-corrected chi connectivity index (χ3v) is 21.4. The average molecular weight is 1480 g/mol. The minimum absolute atomic E-state index is 0.0285. The molecule has 0 aliphatic rings. The summed E-state index contributed by atoms with van der Waals surface area (Å²) in [6.07, 6.45) is 118. The van der Waals surface area contributed by atoms with Crippen LogP contribution in [0.3, 0.4) is 0 Å². The average Bonchev–Trinajstić information content (AvgIpc) is 0.920. The molecule has 2 unspecified atom stereocenters. The Hall–Kier alpha value is -2.81. The largest absolute Gasteiger partial charge is 0.756 e. The van der Waals surface area contributed by atoms with Crippen molar-refractivity contribution in [2.45, 2.75) is 457 Å². The standard InChI is InChI=1S/C94H174NO8P/c1-6-8-10-12-14-16-18-20-22-24-26-28-30-32-34-36-38-40-42-44-46-47-49-51-53-55-57-59-61-63-65-67-69-71-73-75-77-79-81-83-85-87-94(97)103-92(91-102-104(98,99)101-89-88-95(3,4)5)90-100-93(96)86-84-82-80-78-76-74-72-70-68-66-64-62-60-58-56-54-52-50-48-45-43-41-39-37-35-33-31-29-27-25-23-21-19-17-15-13-11-9-7-2/h8,10,14,16,19-22,25-28,32,34,92H,6-7,9,11-13,15,17-18,23-24,29-31,33,35-91H2,1-5H3/b10-8-,16-14-,21-19-,22-20-,27-25-,28-26-,34-32-. The highest BCUT2D eigenvalue weighted by Crippen LogP contribution is 2.38. The molecule has 0 saturated heterocycles. The van der Waals surface area contributed by atoms with Gasteiger partial charge in [-0.05, 0) is 89.9 Å². The third kappa shape index (κ3) is 88.1. The SMILES string of the molecule is CC/C=C\C/C=C\C/C=C\C/C=C\C/C=C\CCCCCCCCCCCCCCCCCCCCCCCCCCCC(=O)OC(COC(=O)CCCCCCCCCCCCCCCCCCCCCCCCCCCCC/C=C\C/C=C\CCCCCCC)COP(=O)([O-])OCC[N+](C)(C)C. The summed E-state index contributed by atoms with van der Waals surface area (Å²) in [5, 5.41) is 0. The Morgan fingerprint density at radius 1 is 0.308 bits per heavy atom. The maximum atomic E-state index is 12.9. The van der Waals surface area contributed by atoms with Gasteiger partial charge < -0.3 is 27.9 Å². The molecule has 0 saturated carbocycles. The van der Waals surface area contributed by atoms with Gasteiger partial charge in [-0.3, -0.25) is 14.2 Å². The van der Waals surface area contributed by atoms with Crippen molar-refractivity contribution in [1.82, 2.24) is 0 Å². The zero-order chi connectivity index (χ0) is 75.4. The molecule has 0 N–H and O–H groups in total. The molecule has 0 radical (unpaired) electrons. The zero-order valence-electron chi connectivity index (χ0n) is 69.7. The van der Waals surface area contributed by atoms with Gasteiger partial charge in [-0.2, -0.15) is 0 Å². The molecule has 0 fully saturated rings. The van der Waals surface area contributed by atoms with Crippen molar-refractivity contribution in [1.29, 1.82) is 0 Å². The van der Waals surface area contributed by atoms with E-state index in [-0.39, 0.29) is 32.0 Å². The second kappa shape index (κ2) is 84.2. The topological polar surface area (TPSA) is 111 Å². The van der Waals surface area contributed by atoms with Crippen LogP contribution in [0.1, 0.15) is 450 Å². The van der Waals surface area contributed by atoms with Crippen molar-refractivity contribution < 1.29 is 42.1 Å². The summed E-state index contributed by atoms with van der Waals surface area (Å²) < 4.78 is 34.5. The van der Waals surface area contributed by atoms with E-state index in [0.717, 1.165) is 70.6 Å². The van der Waals surface area contributed by atoms with E-state index in [1.807, 2.05) is 21.1 Å². The Morgan fingerprint density at radius 3 is 0.817 bits per heavy atom. The van der Waals surface area contributed by atoms with Crippen LogP contribution in [0.4, 0.5) is 0 Å². The van der Waals surface area contributed by atoms with Crippen LogP contribution in [-0.2, 0) is 32.7 Å². The highest BCUT2D eigenvalue weighted by atomic mass is 31.2. The first kappa shape index (κ1) is 101. The van der Waals surface area contributed by atoms with Crippen LogP contribution in [0.15, 0.2) is 85.1 Å². The minimum atomic E-state index is -4.65. The summed E-state index contributed by atoms with van der Waals surface area (Å²) in [6, 6.07) is 0. The molecule has 0 spiro atoms. The number of carbonyl (C=O) groups excluding carboxylic acids is 2. The monoisotopic (exact) mass is 1480 g/mol. The van der Waals surface area contributed by atoms with Crippen LogP contribution in [0.25, 0.3) is 0 Å². The fraction of sp³-hybridized carbons (Fsp3) is 0.830. The normalized spacial score (nSPS) is 13.3. The van der Waals surface area contributed by atoms with Gasteiger partial charge in [-0.1, -0.05) is 433 Å². The fourth-order valence-corrected chi connectivity index (χ4v) is 14.3. The number of esters is 2. The molecule has 9 nitrogen and oxygen atoms in total. The number of nitrogens with zero attached hydrogens (tertiary/aromatic N) is 1. The summed E-state index contributed by atoms with van der Waals surface area (Å²) in [6.45, 7) is 4.19. The van der Waals surface area contributed by atoms with Gasteiger partial charge in [0.2, 0.25) is 0 Å². The van der Waals surface area contributed by atoms with Crippen molar-refractivity contribution >= 4 is 19.8 Å². The van der Waals surface area contributed by atoms with Gasteiger partial charge in [0, 0.05) is 12.8 Å². The second-order valence-electron chi connectivity index (χ2n) is 31.9. The van der Waals surface area contributed by atoms with Crippen molar-refractivity contribution in [2.24, 2.45) is 0 Å². The number of likely N-dealkylation sites (N-methyl/N-ethyl adjacent to an activating group) is 1. The number of carbonyl (C=O) groups is 2. The molecule has 0 heterocycles. The third-order valence-electron chi connectivity index (χ3n) is 20.4. The first-order chi connectivity index (χ1) is 51.0. The van der Waals surface area contributed by atoms with E-state index in [0.29, 0.717) is 17.4 Å². The first-order valence-electron chi connectivity index (χ1n) is 45.3. The number of quaternary nitrogens is 1. The molecule has 0 amide bonds.